The van der Waals surface area contributed by atoms with Crippen LogP contribution in [0, 0.1) is 5.82 Å². The highest BCUT2D eigenvalue weighted by atomic mass is 19.1. The first kappa shape index (κ1) is 18.0. The Kier molecular flexibility index (Phi) is 6.84. The maximum atomic E-state index is 12.8. The highest BCUT2D eigenvalue weighted by Crippen LogP contribution is 2.13. The lowest BCUT2D eigenvalue weighted by Gasteiger charge is -2.31. The number of halogens is 1. The molecule has 0 radical (unpaired) electrons. The van der Waals surface area contributed by atoms with E-state index >= 15 is 0 Å². The van der Waals surface area contributed by atoms with Crippen molar-refractivity contribution in [3.05, 3.63) is 30.1 Å². The maximum Gasteiger partial charge on any atom is 0.409 e. The second-order valence-electron chi connectivity index (χ2n) is 5.58. The van der Waals surface area contributed by atoms with Gasteiger partial charge in [-0.05, 0) is 44.0 Å². The zero-order valence-electron chi connectivity index (χ0n) is 13.8. The summed E-state index contributed by atoms with van der Waals surface area (Å²) in [4.78, 5) is 25.2. The number of hydrogen-bond acceptors (Lipinski definition) is 4. The van der Waals surface area contributed by atoms with E-state index in [1.165, 1.54) is 24.3 Å². The zero-order chi connectivity index (χ0) is 17.4. The fourth-order valence-corrected chi connectivity index (χ4v) is 2.51. The van der Waals surface area contributed by atoms with Gasteiger partial charge < -0.3 is 19.7 Å². The minimum absolute atomic E-state index is 0.0639. The van der Waals surface area contributed by atoms with Crippen molar-refractivity contribution in [2.24, 2.45) is 0 Å². The molecule has 1 aliphatic heterocycles. The Hall–Kier alpha value is -2.31. The molecule has 24 heavy (non-hydrogen) atoms. The Morgan fingerprint density at radius 1 is 1.25 bits per heavy atom. The summed E-state index contributed by atoms with van der Waals surface area (Å²) in [6.45, 7) is 3.54. The Morgan fingerprint density at radius 2 is 1.92 bits per heavy atom. The second-order valence-corrected chi connectivity index (χ2v) is 5.58. The SMILES string of the molecule is CCOC(=O)N1CCC(NC(=O)CCOc2ccc(F)cc2)CC1. The van der Waals surface area contributed by atoms with E-state index in [0.29, 0.717) is 38.3 Å². The van der Waals surface area contributed by atoms with Crippen LogP contribution >= 0.6 is 0 Å². The van der Waals surface area contributed by atoms with E-state index in [4.69, 9.17) is 9.47 Å². The standard InChI is InChI=1S/C17H23FN2O4/c1-2-23-17(22)20-10-7-14(8-11-20)19-16(21)9-12-24-15-5-3-13(18)4-6-15/h3-6,14H,2,7-12H2,1H3,(H,19,21). The number of likely N-dealkylation sites (tertiary alicyclic amines) is 1. The van der Waals surface area contributed by atoms with Gasteiger partial charge in [0.15, 0.2) is 0 Å². The third kappa shape index (κ3) is 5.72. The number of carbonyl (C=O) groups excluding carboxylic acids is 2. The van der Waals surface area contributed by atoms with Gasteiger partial charge in [0, 0.05) is 19.1 Å². The summed E-state index contributed by atoms with van der Waals surface area (Å²) in [6, 6.07) is 5.74. The summed E-state index contributed by atoms with van der Waals surface area (Å²) >= 11 is 0. The topological polar surface area (TPSA) is 67.9 Å². The number of nitrogens with one attached hydrogen (secondary N) is 1. The molecule has 1 fully saturated rings. The van der Waals surface area contributed by atoms with E-state index in [1.54, 1.807) is 11.8 Å². The first-order valence-corrected chi connectivity index (χ1v) is 8.18. The predicted octanol–water partition coefficient (Wildman–Crippen LogP) is 2.33. The van der Waals surface area contributed by atoms with Crippen LogP contribution in [-0.4, -0.2) is 49.2 Å². The molecule has 132 valence electrons. The summed E-state index contributed by atoms with van der Waals surface area (Å²) in [5.41, 5.74) is 0. The molecular weight excluding hydrogens is 315 g/mol. The van der Waals surface area contributed by atoms with Crippen LogP contribution in [0.5, 0.6) is 5.75 Å². The molecule has 0 atom stereocenters. The summed E-state index contributed by atoms with van der Waals surface area (Å²) in [7, 11) is 0. The van der Waals surface area contributed by atoms with E-state index in [-0.39, 0.29) is 36.9 Å². The van der Waals surface area contributed by atoms with Gasteiger partial charge in [0.1, 0.15) is 11.6 Å². The van der Waals surface area contributed by atoms with E-state index < -0.39 is 0 Å². The Morgan fingerprint density at radius 3 is 2.54 bits per heavy atom. The van der Waals surface area contributed by atoms with Crippen molar-refractivity contribution in [1.82, 2.24) is 10.2 Å². The third-order valence-electron chi connectivity index (χ3n) is 3.80. The number of carbonyl (C=O) groups is 2. The van der Waals surface area contributed by atoms with Crippen LogP contribution in [0.25, 0.3) is 0 Å². The Labute approximate surface area is 140 Å². The smallest absolute Gasteiger partial charge is 0.409 e. The number of nitrogens with zero attached hydrogens (tertiary/aromatic N) is 1. The molecule has 0 bridgehead atoms. The first-order valence-electron chi connectivity index (χ1n) is 8.18. The summed E-state index contributed by atoms with van der Waals surface area (Å²) in [5, 5.41) is 2.95. The third-order valence-corrected chi connectivity index (χ3v) is 3.80. The molecule has 1 aromatic carbocycles. The molecule has 0 aromatic heterocycles. The average molecular weight is 338 g/mol. The zero-order valence-corrected chi connectivity index (χ0v) is 13.8. The highest BCUT2D eigenvalue weighted by molar-refractivity contribution is 5.76. The molecule has 0 unspecified atom stereocenters. The van der Waals surface area contributed by atoms with E-state index in [2.05, 4.69) is 5.32 Å². The van der Waals surface area contributed by atoms with Crippen molar-refractivity contribution < 1.29 is 23.5 Å². The Bertz CT molecular complexity index is 542. The summed E-state index contributed by atoms with van der Waals surface area (Å²) < 4.78 is 23.1. The number of benzene rings is 1. The number of piperidine rings is 1. The fraction of sp³-hybridized carbons (Fsp3) is 0.529. The highest BCUT2D eigenvalue weighted by Gasteiger charge is 2.24. The van der Waals surface area contributed by atoms with Gasteiger partial charge in [-0.15, -0.1) is 0 Å². The van der Waals surface area contributed by atoms with Gasteiger partial charge in [0.2, 0.25) is 5.91 Å². The van der Waals surface area contributed by atoms with Crippen LogP contribution in [0.4, 0.5) is 9.18 Å². The van der Waals surface area contributed by atoms with Crippen LogP contribution < -0.4 is 10.1 Å². The fourth-order valence-electron chi connectivity index (χ4n) is 2.51. The van der Waals surface area contributed by atoms with Crippen molar-refractivity contribution in [2.75, 3.05) is 26.3 Å². The van der Waals surface area contributed by atoms with Gasteiger partial charge in [0.25, 0.3) is 0 Å². The molecule has 1 saturated heterocycles. The lowest BCUT2D eigenvalue weighted by atomic mass is 10.1. The molecule has 7 heteroatoms. The first-order chi connectivity index (χ1) is 11.6. The van der Waals surface area contributed by atoms with Gasteiger partial charge in [-0.1, -0.05) is 0 Å². The van der Waals surface area contributed by atoms with Crippen LogP contribution in [-0.2, 0) is 9.53 Å². The molecule has 2 amide bonds. The van der Waals surface area contributed by atoms with E-state index in [1.807, 2.05) is 0 Å². The predicted molar refractivity (Wildman–Crippen MR) is 86.3 cm³/mol. The lowest BCUT2D eigenvalue weighted by Crippen LogP contribution is -2.46. The molecule has 1 N–H and O–H groups in total. The van der Waals surface area contributed by atoms with Crippen molar-refractivity contribution in [3.8, 4) is 5.75 Å². The monoisotopic (exact) mass is 338 g/mol. The Balaban J connectivity index is 1.63. The van der Waals surface area contributed by atoms with Crippen LogP contribution in [0.2, 0.25) is 0 Å². The van der Waals surface area contributed by atoms with Crippen LogP contribution in [0.1, 0.15) is 26.2 Å². The number of amides is 2. The molecule has 6 nitrogen and oxygen atoms in total. The van der Waals surface area contributed by atoms with E-state index in [0.717, 1.165) is 0 Å². The maximum absolute atomic E-state index is 12.8. The average Bonchev–Trinajstić information content (AvgIpc) is 2.57. The molecule has 1 aliphatic rings. The molecule has 2 rings (SSSR count). The number of rotatable bonds is 6. The van der Waals surface area contributed by atoms with Crippen LogP contribution in [0.15, 0.2) is 24.3 Å². The largest absolute Gasteiger partial charge is 0.493 e. The van der Waals surface area contributed by atoms with E-state index in [9.17, 15) is 14.0 Å². The quantitative estimate of drug-likeness (QED) is 0.864. The van der Waals surface area contributed by atoms with Gasteiger partial charge in [0.05, 0.1) is 19.6 Å². The van der Waals surface area contributed by atoms with Gasteiger partial charge in [-0.3, -0.25) is 4.79 Å². The molecule has 1 heterocycles. The second kappa shape index (κ2) is 9.10. The van der Waals surface area contributed by atoms with Gasteiger partial charge in [-0.2, -0.15) is 0 Å². The minimum atomic E-state index is -0.325. The van der Waals surface area contributed by atoms with Crippen molar-refractivity contribution in [2.45, 2.75) is 32.2 Å². The summed E-state index contributed by atoms with van der Waals surface area (Å²) in [5.74, 6) is 0.118. The number of hydrogen-bond donors (Lipinski definition) is 1. The normalized spacial score (nSPS) is 15.0. The summed E-state index contributed by atoms with van der Waals surface area (Å²) in [6.07, 6.45) is 1.36. The molecular formula is C17H23FN2O4. The number of ether oxygens (including phenoxy) is 2. The molecule has 0 spiro atoms. The van der Waals surface area contributed by atoms with Crippen molar-refractivity contribution in [1.29, 1.82) is 0 Å². The minimum Gasteiger partial charge on any atom is -0.493 e. The molecule has 1 aromatic rings. The van der Waals surface area contributed by atoms with Gasteiger partial charge >= 0.3 is 6.09 Å². The van der Waals surface area contributed by atoms with Gasteiger partial charge in [-0.25, -0.2) is 9.18 Å². The van der Waals surface area contributed by atoms with Crippen LogP contribution in [0.3, 0.4) is 0 Å². The lowest BCUT2D eigenvalue weighted by molar-refractivity contribution is -0.122. The molecule has 0 aliphatic carbocycles. The van der Waals surface area contributed by atoms with Crippen molar-refractivity contribution in [3.63, 3.8) is 0 Å². The van der Waals surface area contributed by atoms with Crippen molar-refractivity contribution >= 4 is 12.0 Å². The molecule has 0 saturated carbocycles.